The Morgan fingerprint density at radius 3 is 2.58 bits per heavy atom. The molecule has 43 heavy (non-hydrogen) atoms. The van der Waals surface area contributed by atoms with E-state index >= 15 is 0 Å². The van der Waals surface area contributed by atoms with E-state index in [-0.39, 0.29) is 0 Å². The highest BCUT2D eigenvalue weighted by molar-refractivity contribution is 5.82. The number of nitrogens with one attached hydrogen (secondary N) is 1. The Balaban J connectivity index is 0.906. The molecule has 3 aliphatic rings. The molecule has 8 heteroatoms. The van der Waals surface area contributed by atoms with E-state index < -0.39 is 0 Å². The summed E-state index contributed by atoms with van der Waals surface area (Å²) in [5.41, 5.74) is 5.50. The predicted octanol–water partition coefficient (Wildman–Crippen LogP) is 6.09. The van der Waals surface area contributed by atoms with Gasteiger partial charge in [0.15, 0.2) is 6.29 Å². The van der Waals surface area contributed by atoms with Crippen molar-refractivity contribution in [3.05, 3.63) is 77.6 Å². The third kappa shape index (κ3) is 5.50. The van der Waals surface area contributed by atoms with Gasteiger partial charge in [0, 0.05) is 80.6 Å². The molecule has 0 radical (unpaired) electrons. The van der Waals surface area contributed by atoms with Crippen LogP contribution in [0.25, 0.3) is 11.0 Å². The summed E-state index contributed by atoms with van der Waals surface area (Å²) < 4.78 is 11.8. The van der Waals surface area contributed by atoms with Crippen molar-refractivity contribution in [1.29, 1.82) is 0 Å². The third-order valence-corrected chi connectivity index (χ3v) is 9.73. The molecule has 2 saturated heterocycles. The number of aldehydes is 1. The molecule has 0 unspecified atom stereocenters. The van der Waals surface area contributed by atoms with Gasteiger partial charge in [0.25, 0.3) is 0 Å². The summed E-state index contributed by atoms with van der Waals surface area (Å²) in [5, 5.41) is 0.976. The van der Waals surface area contributed by atoms with Crippen LogP contribution in [0.3, 0.4) is 0 Å². The predicted molar refractivity (Wildman–Crippen MR) is 170 cm³/mol. The highest BCUT2D eigenvalue weighted by Gasteiger charge is 2.54. The molecule has 2 aliphatic heterocycles. The van der Waals surface area contributed by atoms with Gasteiger partial charge in [0.1, 0.15) is 22.9 Å². The molecule has 3 fully saturated rings. The summed E-state index contributed by atoms with van der Waals surface area (Å²) >= 11 is 0. The van der Waals surface area contributed by atoms with Crippen LogP contribution >= 0.6 is 0 Å². The van der Waals surface area contributed by atoms with E-state index in [1.807, 2.05) is 36.5 Å². The summed E-state index contributed by atoms with van der Waals surface area (Å²) in [6, 6.07) is 17.2. The standard InChI is InChI=1S/C35H41N5O3/c1-24(2)31-7-4-25(14-33(31)42-3)20-38-10-12-39(13-11-38)29-17-35(18-29)22-40(23-35)28-6-5-27(21-41)32(16-28)43-30-15-26-8-9-36-34(26)37-19-30/h4-9,14-16,19,21,24,29H,10-13,17-18,20,22-23H2,1-3H3,(H,36,37). The molecule has 1 aliphatic carbocycles. The lowest BCUT2D eigenvalue weighted by Gasteiger charge is -2.62. The van der Waals surface area contributed by atoms with Crippen LogP contribution in [0.2, 0.25) is 0 Å². The number of hydrogen-bond donors (Lipinski definition) is 1. The summed E-state index contributed by atoms with van der Waals surface area (Å²) in [5.74, 6) is 2.67. The average molecular weight is 580 g/mol. The van der Waals surface area contributed by atoms with Crippen molar-refractivity contribution >= 4 is 23.0 Å². The fourth-order valence-electron chi connectivity index (χ4n) is 7.29. The van der Waals surface area contributed by atoms with Crippen LogP contribution in [0.1, 0.15) is 54.1 Å². The van der Waals surface area contributed by atoms with E-state index in [2.05, 4.69) is 56.7 Å². The maximum absolute atomic E-state index is 11.7. The first-order chi connectivity index (χ1) is 20.9. The molecule has 1 N–H and O–H groups in total. The summed E-state index contributed by atoms with van der Waals surface area (Å²) in [4.78, 5) is 27.0. The van der Waals surface area contributed by atoms with Crippen molar-refractivity contribution in [2.45, 2.75) is 45.2 Å². The number of ether oxygens (including phenoxy) is 2. The van der Waals surface area contributed by atoms with E-state index in [9.17, 15) is 4.79 Å². The Bertz CT molecular complexity index is 1610. The van der Waals surface area contributed by atoms with Gasteiger partial charge in [0.2, 0.25) is 0 Å². The van der Waals surface area contributed by atoms with E-state index in [0.717, 1.165) is 74.6 Å². The summed E-state index contributed by atoms with van der Waals surface area (Å²) in [6.45, 7) is 12.0. The second-order valence-corrected chi connectivity index (χ2v) is 13.0. The lowest BCUT2D eigenvalue weighted by molar-refractivity contribution is -0.0380. The van der Waals surface area contributed by atoms with Crippen molar-refractivity contribution in [2.24, 2.45) is 5.41 Å². The van der Waals surface area contributed by atoms with Crippen LogP contribution in [0.4, 0.5) is 5.69 Å². The number of rotatable bonds is 9. The average Bonchev–Trinajstić information content (AvgIpc) is 3.44. The maximum Gasteiger partial charge on any atom is 0.153 e. The van der Waals surface area contributed by atoms with E-state index in [1.54, 1.807) is 13.3 Å². The van der Waals surface area contributed by atoms with Gasteiger partial charge in [-0.05, 0) is 60.2 Å². The number of nitrogens with zero attached hydrogens (tertiary/aromatic N) is 4. The van der Waals surface area contributed by atoms with Crippen LogP contribution in [0.5, 0.6) is 17.2 Å². The number of hydrogen-bond acceptors (Lipinski definition) is 7. The summed E-state index contributed by atoms with van der Waals surface area (Å²) in [7, 11) is 1.77. The molecular formula is C35H41N5O3. The minimum atomic E-state index is 0.421. The molecule has 2 aromatic carbocycles. The second kappa shape index (κ2) is 11.3. The van der Waals surface area contributed by atoms with Crippen molar-refractivity contribution in [2.75, 3.05) is 51.3 Å². The maximum atomic E-state index is 11.7. The molecule has 4 aromatic rings. The Morgan fingerprint density at radius 2 is 1.84 bits per heavy atom. The lowest BCUT2D eigenvalue weighted by Crippen LogP contribution is -2.68. The molecule has 224 valence electrons. The molecule has 8 nitrogen and oxygen atoms in total. The highest BCUT2D eigenvalue weighted by atomic mass is 16.5. The van der Waals surface area contributed by atoms with Crippen LogP contribution in [-0.4, -0.2) is 78.5 Å². The van der Waals surface area contributed by atoms with E-state index in [0.29, 0.717) is 34.4 Å². The molecular weight excluding hydrogens is 538 g/mol. The number of piperazine rings is 1. The van der Waals surface area contributed by atoms with Gasteiger partial charge in [-0.1, -0.05) is 26.0 Å². The number of aromatic nitrogens is 2. The molecule has 0 bridgehead atoms. The second-order valence-electron chi connectivity index (χ2n) is 13.0. The van der Waals surface area contributed by atoms with Crippen molar-refractivity contribution < 1.29 is 14.3 Å². The normalized spacial score (nSPS) is 19.0. The van der Waals surface area contributed by atoms with Gasteiger partial charge >= 0.3 is 0 Å². The van der Waals surface area contributed by atoms with Gasteiger partial charge in [-0.25, -0.2) is 4.98 Å². The van der Waals surface area contributed by atoms with Crippen molar-refractivity contribution in [3.63, 3.8) is 0 Å². The first-order valence-electron chi connectivity index (χ1n) is 15.5. The Kier molecular flexibility index (Phi) is 7.35. The number of carbonyl (C=O) groups is 1. The number of methoxy groups -OCH3 is 1. The van der Waals surface area contributed by atoms with Crippen molar-refractivity contribution in [3.8, 4) is 17.2 Å². The Labute approximate surface area is 253 Å². The van der Waals surface area contributed by atoms with E-state index in [1.165, 1.54) is 24.0 Å². The lowest BCUT2D eigenvalue weighted by atomic mass is 9.60. The number of pyridine rings is 1. The molecule has 0 atom stereocenters. The van der Waals surface area contributed by atoms with Gasteiger partial charge in [-0.2, -0.15) is 0 Å². The SMILES string of the molecule is COc1cc(CN2CCN(C3CC4(C3)CN(c3ccc(C=O)c(Oc5cnc6[nH]ccc6c5)c3)C4)CC2)ccc1C(C)C. The van der Waals surface area contributed by atoms with E-state index in [4.69, 9.17) is 9.47 Å². The third-order valence-electron chi connectivity index (χ3n) is 9.73. The fourth-order valence-corrected chi connectivity index (χ4v) is 7.29. The minimum absolute atomic E-state index is 0.421. The topological polar surface area (TPSA) is 73.9 Å². The molecule has 0 amide bonds. The Hall–Kier alpha value is -3.88. The molecule has 1 saturated carbocycles. The highest BCUT2D eigenvalue weighted by Crippen LogP contribution is 2.52. The van der Waals surface area contributed by atoms with Crippen LogP contribution < -0.4 is 14.4 Å². The number of anilines is 1. The molecule has 4 heterocycles. The molecule has 1 spiro atoms. The molecule has 7 rings (SSSR count). The first-order valence-corrected chi connectivity index (χ1v) is 15.5. The van der Waals surface area contributed by atoms with Crippen LogP contribution in [0.15, 0.2) is 60.9 Å². The Morgan fingerprint density at radius 1 is 1.02 bits per heavy atom. The summed E-state index contributed by atoms with van der Waals surface area (Å²) in [6.07, 6.45) is 6.95. The first kappa shape index (κ1) is 27.9. The minimum Gasteiger partial charge on any atom is -0.496 e. The number of H-pyrrole nitrogens is 1. The largest absolute Gasteiger partial charge is 0.496 e. The van der Waals surface area contributed by atoms with Crippen molar-refractivity contribution in [1.82, 2.24) is 19.8 Å². The zero-order valence-electron chi connectivity index (χ0n) is 25.4. The number of benzene rings is 2. The zero-order valence-corrected chi connectivity index (χ0v) is 25.4. The van der Waals surface area contributed by atoms with Gasteiger partial charge in [-0.3, -0.25) is 14.6 Å². The number of fused-ring (bicyclic) bond motifs is 1. The zero-order chi connectivity index (χ0) is 29.6. The van der Waals surface area contributed by atoms with Crippen LogP contribution in [0, 0.1) is 5.41 Å². The van der Waals surface area contributed by atoms with Gasteiger partial charge in [0.05, 0.1) is 18.9 Å². The van der Waals surface area contributed by atoms with Crippen LogP contribution in [-0.2, 0) is 6.54 Å². The number of aromatic amines is 1. The fraction of sp³-hybridized carbons (Fsp3) is 0.429. The quantitative estimate of drug-likeness (QED) is 0.241. The molecule has 2 aromatic heterocycles. The van der Waals surface area contributed by atoms with Gasteiger partial charge in [-0.15, -0.1) is 0 Å². The number of carbonyl (C=O) groups excluding carboxylic acids is 1. The monoisotopic (exact) mass is 579 g/mol. The van der Waals surface area contributed by atoms with Gasteiger partial charge < -0.3 is 19.4 Å². The smallest absolute Gasteiger partial charge is 0.153 e.